The Morgan fingerprint density at radius 2 is 2.04 bits per heavy atom. The minimum absolute atomic E-state index is 0.105. The van der Waals surface area contributed by atoms with E-state index in [2.05, 4.69) is 15.9 Å². The highest BCUT2D eigenvalue weighted by atomic mass is 79.9. The van der Waals surface area contributed by atoms with Gasteiger partial charge in [0.1, 0.15) is 31.1 Å². The van der Waals surface area contributed by atoms with E-state index in [4.69, 9.17) is 14.2 Å². The first-order valence-corrected chi connectivity index (χ1v) is 9.88. The van der Waals surface area contributed by atoms with Gasteiger partial charge in [0.05, 0.1) is 25.9 Å². The van der Waals surface area contributed by atoms with Crippen molar-refractivity contribution in [1.82, 2.24) is 0 Å². The number of rotatable bonds is 4. The fourth-order valence-corrected chi connectivity index (χ4v) is 3.88. The summed E-state index contributed by atoms with van der Waals surface area (Å²) in [5.74, 6) is 0.875. The average molecular weight is 446 g/mol. The number of morpholine rings is 1. The largest absolute Gasteiger partial charge is 0.872 e. The van der Waals surface area contributed by atoms with Crippen molar-refractivity contribution in [3.05, 3.63) is 57.3 Å². The highest BCUT2D eigenvalue weighted by molar-refractivity contribution is 9.10. The molecule has 6 nitrogen and oxygen atoms in total. The third kappa shape index (κ3) is 3.65. The van der Waals surface area contributed by atoms with E-state index in [0.717, 1.165) is 23.1 Å². The lowest BCUT2D eigenvalue weighted by molar-refractivity contribution is -0.921. The summed E-state index contributed by atoms with van der Waals surface area (Å²) in [7, 11) is 1.57. The van der Waals surface area contributed by atoms with Crippen molar-refractivity contribution < 1.29 is 29.0 Å². The highest BCUT2D eigenvalue weighted by Crippen LogP contribution is 2.39. The number of halogens is 1. The summed E-state index contributed by atoms with van der Waals surface area (Å²) >= 11 is 3.43. The normalized spacial score (nSPS) is 18.2. The smallest absolute Gasteiger partial charge is 0.231 e. The van der Waals surface area contributed by atoms with E-state index in [1.165, 1.54) is 11.0 Å². The number of allylic oxidation sites excluding steroid dienone is 1. The van der Waals surface area contributed by atoms with E-state index in [9.17, 15) is 9.90 Å². The van der Waals surface area contributed by atoms with Crippen LogP contribution in [0.4, 0.5) is 0 Å². The monoisotopic (exact) mass is 445 g/mol. The number of carbonyl (C=O) groups excluding carboxylic acids is 1. The molecular formula is C21H20BrNO5. The molecule has 1 saturated heterocycles. The molecule has 0 bridgehead atoms. The number of nitrogens with one attached hydrogen (secondary N) is 1. The summed E-state index contributed by atoms with van der Waals surface area (Å²) in [6.07, 6.45) is 1.65. The van der Waals surface area contributed by atoms with E-state index in [0.29, 0.717) is 42.4 Å². The maximum atomic E-state index is 12.9. The number of fused-ring (bicyclic) bond motifs is 1. The van der Waals surface area contributed by atoms with E-state index in [1.807, 2.05) is 18.2 Å². The molecule has 0 atom stereocenters. The van der Waals surface area contributed by atoms with Gasteiger partial charge in [0, 0.05) is 15.6 Å². The molecule has 1 N–H and O–H groups in total. The minimum atomic E-state index is -0.227. The third-order valence-electron chi connectivity index (χ3n) is 5.00. The summed E-state index contributed by atoms with van der Waals surface area (Å²) in [6, 6.07) is 8.53. The lowest BCUT2D eigenvalue weighted by atomic mass is 10.0. The number of hydrogen-bond donors (Lipinski definition) is 1. The standard InChI is InChI=1S/C21H20BrNO5/c1-26-18-5-2-14(22)10-13(18)11-19-20(25)15-3-4-17(24)16(21(15)28-19)12-23-6-8-27-9-7-23/h2-5,10-11,24H,6-9,12H2,1H3. The zero-order valence-electron chi connectivity index (χ0n) is 15.4. The van der Waals surface area contributed by atoms with Crippen LogP contribution in [0.5, 0.6) is 17.2 Å². The number of benzene rings is 2. The van der Waals surface area contributed by atoms with Crippen molar-refractivity contribution in [3.8, 4) is 17.2 Å². The van der Waals surface area contributed by atoms with Gasteiger partial charge >= 0.3 is 0 Å². The lowest BCUT2D eigenvalue weighted by Crippen LogP contribution is -3.12. The van der Waals surface area contributed by atoms with Crippen LogP contribution in [0, 0.1) is 0 Å². The van der Waals surface area contributed by atoms with Gasteiger partial charge in [0.25, 0.3) is 0 Å². The van der Waals surface area contributed by atoms with E-state index >= 15 is 0 Å². The van der Waals surface area contributed by atoms with Crippen LogP contribution in [-0.2, 0) is 11.3 Å². The van der Waals surface area contributed by atoms with Crippen molar-refractivity contribution in [2.45, 2.75) is 6.54 Å². The Labute approximate surface area is 171 Å². The first-order valence-electron chi connectivity index (χ1n) is 9.09. The van der Waals surface area contributed by atoms with Gasteiger partial charge in [-0.3, -0.25) is 4.79 Å². The number of quaternary nitrogens is 1. The molecule has 0 saturated carbocycles. The molecule has 1 fully saturated rings. The van der Waals surface area contributed by atoms with Crippen molar-refractivity contribution >= 4 is 27.8 Å². The summed E-state index contributed by atoms with van der Waals surface area (Å²) < 4.78 is 17.5. The Morgan fingerprint density at radius 1 is 1.25 bits per heavy atom. The molecule has 2 aromatic carbocycles. The van der Waals surface area contributed by atoms with Gasteiger partial charge < -0.3 is 24.2 Å². The van der Waals surface area contributed by atoms with Gasteiger partial charge in [-0.1, -0.05) is 27.7 Å². The van der Waals surface area contributed by atoms with Crippen LogP contribution < -0.4 is 19.5 Å². The quantitative estimate of drug-likeness (QED) is 0.723. The second kappa shape index (κ2) is 7.95. The SMILES string of the molecule is COc1ccc(Br)cc1C=C1Oc2c(ccc([O-])c2C[NH+]2CCOCC2)C1=O. The Hall–Kier alpha value is -2.35. The van der Waals surface area contributed by atoms with Crippen LogP contribution >= 0.6 is 15.9 Å². The number of ether oxygens (including phenoxy) is 3. The van der Waals surface area contributed by atoms with Gasteiger partial charge in [-0.2, -0.15) is 0 Å². The van der Waals surface area contributed by atoms with E-state index in [1.54, 1.807) is 19.3 Å². The molecule has 28 heavy (non-hydrogen) atoms. The molecule has 2 aliphatic rings. The summed E-state index contributed by atoms with van der Waals surface area (Å²) in [4.78, 5) is 14.1. The molecular weight excluding hydrogens is 426 g/mol. The van der Waals surface area contributed by atoms with Crippen LogP contribution in [0.25, 0.3) is 6.08 Å². The molecule has 0 aromatic heterocycles. The first kappa shape index (κ1) is 19.0. The maximum Gasteiger partial charge on any atom is 0.231 e. The lowest BCUT2D eigenvalue weighted by Gasteiger charge is -2.26. The summed E-state index contributed by atoms with van der Waals surface area (Å²) in [6.45, 7) is 3.52. The van der Waals surface area contributed by atoms with Gasteiger partial charge in [0.2, 0.25) is 5.78 Å². The van der Waals surface area contributed by atoms with Crippen LogP contribution in [0.2, 0.25) is 0 Å². The first-order chi connectivity index (χ1) is 13.6. The minimum Gasteiger partial charge on any atom is -0.872 e. The molecule has 2 aliphatic heterocycles. The fourth-order valence-electron chi connectivity index (χ4n) is 3.50. The Morgan fingerprint density at radius 3 is 2.79 bits per heavy atom. The molecule has 0 spiro atoms. The summed E-state index contributed by atoms with van der Waals surface area (Å²) in [5, 5.41) is 12.5. The topological polar surface area (TPSA) is 72.3 Å². The zero-order valence-corrected chi connectivity index (χ0v) is 17.0. The number of ketones is 1. The zero-order chi connectivity index (χ0) is 19.7. The molecule has 2 heterocycles. The fraction of sp³-hybridized carbons (Fsp3) is 0.286. The van der Waals surface area contributed by atoms with Crippen molar-refractivity contribution in [1.29, 1.82) is 0 Å². The predicted molar refractivity (Wildman–Crippen MR) is 105 cm³/mol. The molecule has 0 aliphatic carbocycles. The van der Waals surface area contributed by atoms with Crippen molar-refractivity contribution in [2.24, 2.45) is 0 Å². The Kier molecular flexibility index (Phi) is 5.39. The predicted octanol–water partition coefficient (Wildman–Crippen LogP) is 1.56. The molecule has 0 unspecified atom stereocenters. The van der Waals surface area contributed by atoms with Gasteiger partial charge in [0.15, 0.2) is 5.76 Å². The number of Topliss-reactive ketones (excluding diaryl/α,β-unsaturated/α-hetero) is 1. The number of carbonyl (C=O) groups is 1. The number of hydrogen-bond acceptors (Lipinski definition) is 5. The van der Waals surface area contributed by atoms with Crippen molar-refractivity contribution in [2.75, 3.05) is 33.4 Å². The van der Waals surface area contributed by atoms with Crippen LogP contribution in [-0.4, -0.2) is 39.2 Å². The number of methoxy groups -OCH3 is 1. The summed E-state index contributed by atoms with van der Waals surface area (Å²) in [5.41, 5.74) is 1.70. The molecule has 4 rings (SSSR count). The van der Waals surface area contributed by atoms with Crippen LogP contribution in [0.1, 0.15) is 21.5 Å². The molecule has 0 radical (unpaired) electrons. The van der Waals surface area contributed by atoms with Gasteiger partial charge in [-0.15, -0.1) is 0 Å². The molecule has 7 heteroatoms. The third-order valence-corrected chi connectivity index (χ3v) is 5.50. The highest BCUT2D eigenvalue weighted by Gasteiger charge is 2.31. The maximum absolute atomic E-state index is 12.9. The second-order valence-electron chi connectivity index (χ2n) is 6.78. The molecule has 0 amide bonds. The Balaban J connectivity index is 1.68. The Bertz CT molecular complexity index is 950. The van der Waals surface area contributed by atoms with Crippen LogP contribution in [0.3, 0.4) is 0 Å². The molecule has 146 valence electrons. The van der Waals surface area contributed by atoms with Crippen molar-refractivity contribution in [3.63, 3.8) is 0 Å². The van der Waals surface area contributed by atoms with Crippen LogP contribution in [0.15, 0.2) is 40.6 Å². The van der Waals surface area contributed by atoms with E-state index in [-0.39, 0.29) is 17.3 Å². The molecule has 2 aromatic rings. The second-order valence-corrected chi connectivity index (χ2v) is 7.70. The van der Waals surface area contributed by atoms with Gasteiger partial charge in [-0.05, 0) is 30.3 Å². The van der Waals surface area contributed by atoms with E-state index < -0.39 is 0 Å². The average Bonchev–Trinajstić information content (AvgIpc) is 3.01. The van der Waals surface area contributed by atoms with Gasteiger partial charge in [-0.25, -0.2) is 0 Å².